The van der Waals surface area contributed by atoms with Crippen molar-refractivity contribution in [3.8, 4) is 0 Å². The van der Waals surface area contributed by atoms with Gasteiger partial charge >= 0.3 is 6.09 Å². The van der Waals surface area contributed by atoms with E-state index in [4.69, 9.17) is 4.74 Å². The molecule has 0 bridgehead atoms. The molecule has 1 aliphatic carbocycles. The normalized spacial score (nSPS) is 23.6. The first kappa shape index (κ1) is 15.8. The molecule has 0 aromatic rings. The van der Waals surface area contributed by atoms with Crippen molar-refractivity contribution in [3.05, 3.63) is 0 Å². The first-order valence-electron chi connectivity index (χ1n) is 7.02. The second-order valence-corrected chi connectivity index (χ2v) is 6.23. The largest absolute Gasteiger partial charge is 0.444 e. The monoisotopic (exact) mass is 270 g/mol. The summed E-state index contributed by atoms with van der Waals surface area (Å²) >= 11 is 0. The van der Waals surface area contributed by atoms with Gasteiger partial charge in [-0.1, -0.05) is 12.8 Å². The van der Waals surface area contributed by atoms with Crippen LogP contribution in [0.5, 0.6) is 0 Å². The third kappa shape index (κ3) is 6.45. The van der Waals surface area contributed by atoms with Crippen LogP contribution in [0.25, 0.3) is 0 Å². The van der Waals surface area contributed by atoms with Gasteiger partial charge in [-0.3, -0.25) is 4.79 Å². The Balaban J connectivity index is 2.40. The van der Waals surface area contributed by atoms with Crippen LogP contribution in [0.1, 0.15) is 53.4 Å². The lowest BCUT2D eigenvalue weighted by Gasteiger charge is -2.32. The summed E-state index contributed by atoms with van der Waals surface area (Å²) in [6.45, 7) is 7.61. The van der Waals surface area contributed by atoms with Gasteiger partial charge in [-0.25, -0.2) is 4.79 Å². The molecule has 0 unspecified atom stereocenters. The fraction of sp³-hybridized carbons (Fsp3) is 0.857. The number of ether oxygens (including phenoxy) is 1. The first-order valence-corrected chi connectivity index (χ1v) is 7.02. The molecule has 19 heavy (non-hydrogen) atoms. The smallest absolute Gasteiger partial charge is 0.407 e. The Labute approximate surface area is 115 Å². The topological polar surface area (TPSA) is 67.4 Å². The van der Waals surface area contributed by atoms with Crippen molar-refractivity contribution < 1.29 is 14.3 Å². The van der Waals surface area contributed by atoms with Gasteiger partial charge in [0.05, 0.1) is 0 Å². The summed E-state index contributed by atoms with van der Waals surface area (Å²) in [6.07, 6.45) is 3.91. The van der Waals surface area contributed by atoms with Gasteiger partial charge in [0.1, 0.15) is 5.60 Å². The number of amides is 2. The zero-order chi connectivity index (χ0) is 14.5. The van der Waals surface area contributed by atoms with Crippen LogP contribution in [-0.2, 0) is 9.53 Å². The van der Waals surface area contributed by atoms with Gasteiger partial charge in [0.2, 0.25) is 5.91 Å². The number of hydrogen-bond acceptors (Lipinski definition) is 3. The summed E-state index contributed by atoms with van der Waals surface area (Å²) in [6, 6.07) is 0.168. The van der Waals surface area contributed by atoms with Crippen LogP contribution in [-0.4, -0.2) is 30.2 Å². The van der Waals surface area contributed by atoms with E-state index in [9.17, 15) is 9.59 Å². The Kier molecular flexibility index (Phi) is 5.63. The van der Waals surface area contributed by atoms with E-state index < -0.39 is 5.60 Å². The minimum atomic E-state index is -0.478. The number of carbonyl (C=O) groups is 2. The van der Waals surface area contributed by atoms with E-state index in [2.05, 4.69) is 10.6 Å². The van der Waals surface area contributed by atoms with Crippen LogP contribution in [0, 0.1) is 5.92 Å². The maximum Gasteiger partial charge on any atom is 0.407 e. The van der Waals surface area contributed by atoms with Gasteiger partial charge in [0, 0.05) is 19.5 Å². The van der Waals surface area contributed by atoms with Crippen molar-refractivity contribution >= 4 is 12.0 Å². The maximum atomic E-state index is 11.6. The highest BCUT2D eigenvalue weighted by Gasteiger charge is 2.26. The zero-order valence-corrected chi connectivity index (χ0v) is 12.4. The fourth-order valence-corrected chi connectivity index (χ4v) is 2.43. The van der Waals surface area contributed by atoms with Crippen LogP contribution in [0.15, 0.2) is 0 Å². The van der Waals surface area contributed by atoms with Crippen LogP contribution in [0.4, 0.5) is 4.79 Å². The second kappa shape index (κ2) is 6.78. The lowest BCUT2D eigenvalue weighted by Crippen LogP contribution is -2.46. The molecule has 5 heteroatoms. The van der Waals surface area contributed by atoms with E-state index in [1.54, 1.807) is 0 Å². The Morgan fingerprint density at radius 1 is 1.21 bits per heavy atom. The molecule has 0 aliphatic heterocycles. The summed E-state index contributed by atoms with van der Waals surface area (Å²) in [5, 5.41) is 5.77. The molecule has 0 heterocycles. The van der Waals surface area contributed by atoms with Crippen LogP contribution >= 0.6 is 0 Å². The highest BCUT2D eigenvalue weighted by atomic mass is 16.6. The Bertz CT molecular complexity index is 323. The van der Waals surface area contributed by atoms with Crippen molar-refractivity contribution in [2.75, 3.05) is 6.54 Å². The molecule has 2 amide bonds. The van der Waals surface area contributed by atoms with Crippen molar-refractivity contribution in [2.24, 2.45) is 5.92 Å². The molecule has 0 saturated heterocycles. The van der Waals surface area contributed by atoms with Crippen LogP contribution in [0.3, 0.4) is 0 Å². The highest BCUT2D eigenvalue weighted by Crippen LogP contribution is 2.24. The fourth-order valence-electron chi connectivity index (χ4n) is 2.43. The predicted octanol–water partition coefficient (Wildman–Crippen LogP) is 2.21. The van der Waals surface area contributed by atoms with Crippen molar-refractivity contribution in [3.63, 3.8) is 0 Å². The maximum absolute atomic E-state index is 11.6. The number of rotatable bonds is 3. The van der Waals surface area contributed by atoms with Gasteiger partial charge in [-0.2, -0.15) is 0 Å². The summed E-state index contributed by atoms with van der Waals surface area (Å²) in [5.41, 5.74) is -0.478. The van der Waals surface area contributed by atoms with Crippen molar-refractivity contribution in [1.29, 1.82) is 0 Å². The summed E-state index contributed by atoms with van der Waals surface area (Å²) in [4.78, 5) is 22.8. The van der Waals surface area contributed by atoms with Crippen molar-refractivity contribution in [1.82, 2.24) is 10.6 Å². The molecular weight excluding hydrogens is 244 g/mol. The van der Waals surface area contributed by atoms with Gasteiger partial charge in [0.25, 0.3) is 0 Å². The summed E-state index contributed by atoms with van der Waals surface area (Å²) in [7, 11) is 0. The first-order chi connectivity index (χ1) is 8.78. The number of carbonyl (C=O) groups excluding carboxylic acids is 2. The standard InChI is InChI=1S/C14H26N2O3/c1-10(17)16-12-8-6-5-7-11(12)9-15-13(18)19-14(2,3)4/h11-12H,5-9H2,1-4H3,(H,15,18)(H,16,17)/t11-,12-/m1/s1. The minimum Gasteiger partial charge on any atom is -0.444 e. The predicted molar refractivity (Wildman–Crippen MR) is 73.8 cm³/mol. The summed E-state index contributed by atoms with van der Waals surface area (Å²) < 4.78 is 5.21. The van der Waals surface area contributed by atoms with E-state index in [-0.39, 0.29) is 18.0 Å². The Morgan fingerprint density at radius 2 is 1.84 bits per heavy atom. The van der Waals surface area contributed by atoms with E-state index >= 15 is 0 Å². The number of nitrogens with one attached hydrogen (secondary N) is 2. The van der Waals surface area contributed by atoms with Crippen LogP contribution < -0.4 is 10.6 Å². The number of alkyl carbamates (subject to hydrolysis) is 1. The molecule has 0 radical (unpaired) electrons. The molecular formula is C14H26N2O3. The Hall–Kier alpha value is -1.26. The lowest BCUT2D eigenvalue weighted by atomic mass is 9.84. The SMILES string of the molecule is CC(=O)N[C@@H]1CCCC[C@@H]1CNC(=O)OC(C)(C)C. The molecule has 1 fully saturated rings. The third-order valence-corrected chi connectivity index (χ3v) is 3.21. The molecule has 110 valence electrons. The summed E-state index contributed by atoms with van der Waals surface area (Å²) in [5.74, 6) is 0.291. The molecule has 1 aliphatic rings. The van der Waals surface area contributed by atoms with Gasteiger partial charge < -0.3 is 15.4 Å². The molecule has 0 aromatic carbocycles. The molecule has 2 N–H and O–H groups in total. The molecule has 1 saturated carbocycles. The zero-order valence-electron chi connectivity index (χ0n) is 12.4. The second-order valence-electron chi connectivity index (χ2n) is 6.23. The molecule has 1 rings (SSSR count). The van der Waals surface area contributed by atoms with Gasteiger partial charge in [-0.15, -0.1) is 0 Å². The average molecular weight is 270 g/mol. The molecule has 0 aromatic heterocycles. The van der Waals surface area contributed by atoms with Crippen LogP contribution in [0.2, 0.25) is 0 Å². The number of hydrogen-bond donors (Lipinski definition) is 2. The molecule has 2 atom stereocenters. The van der Waals surface area contributed by atoms with E-state index in [0.717, 1.165) is 25.7 Å². The Morgan fingerprint density at radius 3 is 2.42 bits per heavy atom. The van der Waals surface area contributed by atoms with Crippen molar-refractivity contribution in [2.45, 2.75) is 65.0 Å². The minimum absolute atomic E-state index is 0.00540. The quantitative estimate of drug-likeness (QED) is 0.826. The van der Waals surface area contributed by atoms with E-state index in [1.165, 1.54) is 6.92 Å². The third-order valence-electron chi connectivity index (χ3n) is 3.21. The molecule has 0 spiro atoms. The van der Waals surface area contributed by atoms with E-state index in [1.807, 2.05) is 20.8 Å². The average Bonchev–Trinajstić information content (AvgIpc) is 2.24. The van der Waals surface area contributed by atoms with Gasteiger partial charge in [-0.05, 0) is 39.5 Å². The van der Waals surface area contributed by atoms with E-state index in [0.29, 0.717) is 12.5 Å². The molecule has 5 nitrogen and oxygen atoms in total. The van der Waals surface area contributed by atoms with Gasteiger partial charge in [0.15, 0.2) is 0 Å². The lowest BCUT2D eigenvalue weighted by molar-refractivity contribution is -0.120. The highest BCUT2D eigenvalue weighted by molar-refractivity contribution is 5.73.